The van der Waals surface area contributed by atoms with E-state index in [2.05, 4.69) is 6.92 Å². The first kappa shape index (κ1) is 25.8. The standard InChI is InChI=1S/C17H27NO3S2.C3H6O/c1-5-6-7-8-16-9-11-17(12-10-16)23(20,21)18(4)14(2)13-22-15(3)19;1-3(2)4/h9-12,14H,5-8,13H2,1-4H3;1-2H3/t14-;/m0./s1. The van der Waals surface area contributed by atoms with Gasteiger partial charge in [0.05, 0.1) is 4.90 Å². The van der Waals surface area contributed by atoms with Crippen molar-refractivity contribution in [3.63, 3.8) is 0 Å². The van der Waals surface area contributed by atoms with E-state index in [0.29, 0.717) is 10.6 Å². The lowest BCUT2D eigenvalue weighted by Gasteiger charge is -2.23. The Balaban J connectivity index is 0.00000153. The Morgan fingerprint density at radius 3 is 2.04 bits per heavy atom. The zero-order chi connectivity index (χ0) is 21.0. The van der Waals surface area contributed by atoms with Crippen LogP contribution < -0.4 is 0 Å². The van der Waals surface area contributed by atoms with Crippen molar-refractivity contribution < 1.29 is 18.0 Å². The van der Waals surface area contributed by atoms with E-state index in [0.717, 1.165) is 24.6 Å². The second kappa shape index (κ2) is 13.1. The Bertz CT molecular complexity index is 680. The SMILES string of the molecule is CC(C)=O.CCCCCc1ccc(S(=O)(=O)N(C)[C@@H](C)CSC(C)=O)cc1. The monoisotopic (exact) mass is 415 g/mol. The summed E-state index contributed by atoms with van der Waals surface area (Å²) >= 11 is 1.15. The van der Waals surface area contributed by atoms with Gasteiger partial charge in [0, 0.05) is 25.8 Å². The first-order valence-electron chi connectivity index (χ1n) is 9.19. The molecule has 1 rings (SSSR count). The number of aryl methyl sites for hydroxylation is 1. The normalized spacial score (nSPS) is 12.3. The third kappa shape index (κ3) is 10.7. The second-order valence-corrected chi connectivity index (χ2v) is 9.88. The number of hydrogen-bond donors (Lipinski definition) is 0. The number of carbonyl (C=O) groups is 2. The van der Waals surface area contributed by atoms with Gasteiger partial charge in [0.15, 0.2) is 5.12 Å². The van der Waals surface area contributed by atoms with Gasteiger partial charge in [-0.05, 0) is 51.3 Å². The van der Waals surface area contributed by atoms with Gasteiger partial charge < -0.3 is 4.79 Å². The van der Waals surface area contributed by atoms with Crippen LogP contribution in [0.25, 0.3) is 0 Å². The van der Waals surface area contributed by atoms with Gasteiger partial charge in [-0.2, -0.15) is 4.31 Å². The summed E-state index contributed by atoms with van der Waals surface area (Å²) in [6.07, 6.45) is 4.47. The third-order valence-corrected chi connectivity index (χ3v) is 6.86. The van der Waals surface area contributed by atoms with E-state index in [1.54, 1.807) is 19.2 Å². The maximum Gasteiger partial charge on any atom is 0.243 e. The second-order valence-electron chi connectivity index (χ2n) is 6.68. The fourth-order valence-electron chi connectivity index (χ4n) is 2.15. The van der Waals surface area contributed by atoms with Crippen LogP contribution in [0.3, 0.4) is 0 Å². The van der Waals surface area contributed by atoms with Crippen LogP contribution >= 0.6 is 11.8 Å². The molecule has 0 aliphatic rings. The lowest BCUT2D eigenvalue weighted by Crippen LogP contribution is -2.36. The molecule has 0 aliphatic carbocycles. The van der Waals surface area contributed by atoms with Crippen LogP contribution in [0.4, 0.5) is 0 Å². The van der Waals surface area contributed by atoms with Crippen molar-refractivity contribution in [1.29, 1.82) is 0 Å². The number of carbonyl (C=O) groups excluding carboxylic acids is 2. The lowest BCUT2D eigenvalue weighted by molar-refractivity contribution is -0.115. The number of sulfonamides is 1. The quantitative estimate of drug-likeness (QED) is 0.562. The number of nitrogens with zero attached hydrogens (tertiary/aromatic N) is 1. The summed E-state index contributed by atoms with van der Waals surface area (Å²) in [5.41, 5.74) is 1.17. The molecule has 0 heterocycles. The van der Waals surface area contributed by atoms with E-state index >= 15 is 0 Å². The van der Waals surface area contributed by atoms with Gasteiger partial charge in [-0.1, -0.05) is 43.7 Å². The largest absolute Gasteiger partial charge is 0.300 e. The number of Topliss-reactive ketones (excluding diaryl/α,β-unsaturated/α-hetero) is 1. The summed E-state index contributed by atoms with van der Waals surface area (Å²) in [6.45, 7) is 8.52. The van der Waals surface area contributed by atoms with Crippen LogP contribution in [0.5, 0.6) is 0 Å². The molecule has 0 amide bonds. The first-order valence-corrected chi connectivity index (χ1v) is 11.6. The highest BCUT2D eigenvalue weighted by molar-refractivity contribution is 8.13. The van der Waals surface area contributed by atoms with E-state index in [4.69, 9.17) is 0 Å². The van der Waals surface area contributed by atoms with Crippen molar-refractivity contribution in [2.75, 3.05) is 12.8 Å². The molecule has 1 aromatic rings. The molecular formula is C20H33NO4S2. The van der Waals surface area contributed by atoms with Gasteiger partial charge in [0.2, 0.25) is 10.0 Å². The lowest BCUT2D eigenvalue weighted by atomic mass is 10.1. The van der Waals surface area contributed by atoms with E-state index in [1.165, 1.54) is 43.5 Å². The van der Waals surface area contributed by atoms with Gasteiger partial charge in [0.25, 0.3) is 0 Å². The van der Waals surface area contributed by atoms with Crippen LogP contribution in [-0.2, 0) is 26.0 Å². The van der Waals surface area contributed by atoms with Crippen LogP contribution in [0, 0.1) is 0 Å². The molecule has 1 atom stereocenters. The highest BCUT2D eigenvalue weighted by atomic mass is 32.2. The number of benzene rings is 1. The van der Waals surface area contributed by atoms with Crippen LogP contribution in [0.15, 0.2) is 29.2 Å². The fraction of sp³-hybridized carbons (Fsp3) is 0.600. The topological polar surface area (TPSA) is 71.5 Å². The molecule has 0 spiro atoms. The third-order valence-electron chi connectivity index (χ3n) is 3.82. The summed E-state index contributed by atoms with van der Waals surface area (Å²) < 4.78 is 26.6. The molecule has 0 saturated carbocycles. The van der Waals surface area contributed by atoms with Gasteiger partial charge in [-0.15, -0.1) is 0 Å². The van der Waals surface area contributed by atoms with Crippen molar-refractivity contribution in [3.8, 4) is 0 Å². The van der Waals surface area contributed by atoms with Crippen LogP contribution in [0.1, 0.15) is 59.4 Å². The number of ketones is 1. The highest BCUT2D eigenvalue weighted by Crippen LogP contribution is 2.20. The minimum absolute atomic E-state index is 0.000852. The number of hydrogen-bond acceptors (Lipinski definition) is 5. The number of unbranched alkanes of at least 4 members (excludes halogenated alkanes) is 2. The molecule has 1 aromatic carbocycles. The summed E-state index contributed by atoms with van der Waals surface area (Å²) in [5.74, 6) is 0.625. The molecule has 0 radical (unpaired) electrons. The molecule has 0 unspecified atom stereocenters. The van der Waals surface area contributed by atoms with Crippen molar-refractivity contribution in [2.24, 2.45) is 0 Å². The zero-order valence-corrected chi connectivity index (χ0v) is 19.0. The highest BCUT2D eigenvalue weighted by Gasteiger charge is 2.25. The Morgan fingerprint density at radius 2 is 1.59 bits per heavy atom. The summed E-state index contributed by atoms with van der Waals surface area (Å²) in [6, 6.07) is 6.91. The first-order chi connectivity index (χ1) is 12.5. The number of thioether (sulfide) groups is 1. The molecule has 0 aromatic heterocycles. The smallest absolute Gasteiger partial charge is 0.243 e. The van der Waals surface area contributed by atoms with E-state index in [1.807, 2.05) is 19.1 Å². The molecule has 0 bridgehead atoms. The zero-order valence-electron chi connectivity index (χ0n) is 17.3. The Morgan fingerprint density at radius 1 is 1.07 bits per heavy atom. The Labute approximate surface area is 169 Å². The van der Waals surface area contributed by atoms with Crippen molar-refractivity contribution in [3.05, 3.63) is 29.8 Å². The molecule has 5 nitrogen and oxygen atoms in total. The molecule has 0 N–H and O–H groups in total. The molecule has 0 saturated heterocycles. The Hall–Kier alpha value is -1.18. The molecule has 154 valence electrons. The summed E-state index contributed by atoms with van der Waals surface area (Å²) in [5, 5.41) is -0.000852. The average molecular weight is 416 g/mol. The van der Waals surface area contributed by atoms with E-state index in [9.17, 15) is 18.0 Å². The molecule has 27 heavy (non-hydrogen) atoms. The molecular weight excluding hydrogens is 382 g/mol. The molecule has 0 fully saturated rings. The van der Waals surface area contributed by atoms with Gasteiger partial charge in [0.1, 0.15) is 5.78 Å². The minimum atomic E-state index is -3.52. The average Bonchev–Trinajstić information content (AvgIpc) is 2.59. The van der Waals surface area contributed by atoms with E-state index in [-0.39, 0.29) is 16.9 Å². The summed E-state index contributed by atoms with van der Waals surface area (Å²) in [7, 11) is -1.95. The van der Waals surface area contributed by atoms with Gasteiger partial charge in [-0.25, -0.2) is 8.42 Å². The predicted octanol–water partition coefficient (Wildman–Crippen LogP) is 4.30. The maximum absolute atomic E-state index is 12.6. The van der Waals surface area contributed by atoms with Crippen molar-refractivity contribution in [1.82, 2.24) is 4.31 Å². The van der Waals surface area contributed by atoms with Crippen LogP contribution in [-0.4, -0.2) is 42.5 Å². The Kier molecular flexibility index (Phi) is 12.5. The van der Waals surface area contributed by atoms with E-state index < -0.39 is 10.0 Å². The fourth-order valence-corrected chi connectivity index (χ4v) is 4.31. The summed E-state index contributed by atoms with van der Waals surface area (Å²) in [4.78, 5) is 20.8. The van der Waals surface area contributed by atoms with Crippen molar-refractivity contribution in [2.45, 2.75) is 71.2 Å². The molecule has 0 aliphatic heterocycles. The van der Waals surface area contributed by atoms with Gasteiger partial charge in [-0.3, -0.25) is 4.79 Å². The molecule has 7 heteroatoms. The maximum atomic E-state index is 12.6. The number of rotatable bonds is 9. The van der Waals surface area contributed by atoms with Gasteiger partial charge >= 0.3 is 0 Å². The minimum Gasteiger partial charge on any atom is -0.300 e. The van der Waals surface area contributed by atoms with Crippen LogP contribution in [0.2, 0.25) is 0 Å². The van der Waals surface area contributed by atoms with Crippen molar-refractivity contribution >= 4 is 32.7 Å². The predicted molar refractivity (Wildman–Crippen MR) is 114 cm³/mol.